The number of fused-ring (bicyclic) bond motifs is 3. The molecule has 0 atom stereocenters. The molecule has 4 heteroatoms. The Labute approximate surface area is 247 Å². The van der Waals surface area contributed by atoms with E-state index in [4.69, 9.17) is 18.8 Å². The third kappa shape index (κ3) is 4.43. The minimum Gasteiger partial charge on any atom is -0.436 e. The summed E-state index contributed by atoms with van der Waals surface area (Å²) in [6.07, 6.45) is 13.1. The van der Waals surface area contributed by atoms with Gasteiger partial charge in [0.05, 0.1) is 0 Å². The van der Waals surface area contributed by atoms with Crippen molar-refractivity contribution in [3.05, 3.63) is 82.9 Å². The highest BCUT2D eigenvalue weighted by molar-refractivity contribution is 6.03. The molecule has 2 heterocycles. The molecule has 4 nitrogen and oxygen atoms in total. The number of aromatic nitrogens is 2. The van der Waals surface area contributed by atoms with Gasteiger partial charge in [-0.3, -0.25) is 0 Å². The number of nitrogens with zero attached hydrogens (tertiary/aromatic N) is 2. The summed E-state index contributed by atoms with van der Waals surface area (Å²) in [7, 11) is 0. The van der Waals surface area contributed by atoms with Crippen LogP contribution in [-0.2, 0) is 0 Å². The van der Waals surface area contributed by atoms with Crippen LogP contribution in [0.5, 0.6) is 0 Å². The fourth-order valence-corrected chi connectivity index (χ4v) is 7.79. The molecule has 0 radical (unpaired) electrons. The molecule has 42 heavy (non-hydrogen) atoms. The highest BCUT2D eigenvalue weighted by Gasteiger charge is 2.23. The average molecular weight is 555 g/mol. The molecule has 0 unspecified atom stereocenters. The number of rotatable bonds is 4. The summed E-state index contributed by atoms with van der Waals surface area (Å²) >= 11 is 0. The summed E-state index contributed by atoms with van der Waals surface area (Å²) in [6.45, 7) is 4.44. The molecule has 8 rings (SSSR count). The van der Waals surface area contributed by atoms with Crippen molar-refractivity contribution >= 4 is 33.0 Å². The zero-order valence-electron chi connectivity index (χ0n) is 24.7. The van der Waals surface area contributed by atoms with Crippen LogP contribution in [0.1, 0.15) is 98.3 Å². The molecule has 0 aliphatic heterocycles. The Hall–Kier alpha value is -3.92. The topological polar surface area (TPSA) is 52.1 Å². The predicted molar refractivity (Wildman–Crippen MR) is 171 cm³/mol. The van der Waals surface area contributed by atoms with Crippen LogP contribution < -0.4 is 0 Å². The Bertz CT molecular complexity index is 1790. The Morgan fingerprint density at radius 3 is 1.40 bits per heavy atom. The molecule has 0 bridgehead atoms. The molecule has 0 N–H and O–H groups in total. The second kappa shape index (κ2) is 10.4. The van der Waals surface area contributed by atoms with Gasteiger partial charge in [-0.05, 0) is 121 Å². The summed E-state index contributed by atoms with van der Waals surface area (Å²) in [5, 5.41) is 2.18. The van der Waals surface area contributed by atoms with Gasteiger partial charge in [0.2, 0.25) is 11.8 Å². The first-order valence-corrected chi connectivity index (χ1v) is 16.0. The maximum absolute atomic E-state index is 6.41. The molecule has 2 aliphatic carbocycles. The van der Waals surface area contributed by atoms with E-state index in [0.717, 1.165) is 44.1 Å². The first-order chi connectivity index (χ1) is 20.6. The van der Waals surface area contributed by atoms with Crippen molar-refractivity contribution in [2.24, 2.45) is 0 Å². The Kier molecular flexibility index (Phi) is 6.39. The van der Waals surface area contributed by atoms with Crippen molar-refractivity contribution in [2.75, 3.05) is 0 Å². The molecule has 0 spiro atoms. The van der Waals surface area contributed by atoms with Gasteiger partial charge in [-0.25, -0.2) is 9.97 Å². The van der Waals surface area contributed by atoms with Crippen LogP contribution >= 0.6 is 0 Å². The fraction of sp³-hybridized carbons (Fsp3) is 0.368. The molecule has 212 valence electrons. The zero-order chi connectivity index (χ0) is 28.2. The van der Waals surface area contributed by atoms with Crippen LogP contribution in [0.15, 0.2) is 69.5 Å². The molecular formula is C38H38N2O2. The Morgan fingerprint density at radius 1 is 0.548 bits per heavy atom. The van der Waals surface area contributed by atoms with Crippen molar-refractivity contribution in [3.8, 4) is 22.9 Å². The number of aryl methyl sites for hydroxylation is 2. The maximum atomic E-state index is 6.41. The average Bonchev–Trinajstić information content (AvgIpc) is 3.63. The minimum absolute atomic E-state index is 0.641. The van der Waals surface area contributed by atoms with Crippen molar-refractivity contribution in [2.45, 2.75) is 89.9 Å². The second-order valence-corrected chi connectivity index (χ2v) is 12.8. The predicted octanol–water partition coefficient (Wildman–Crippen LogP) is 11.2. The van der Waals surface area contributed by atoms with E-state index in [2.05, 4.69) is 74.5 Å². The first kappa shape index (κ1) is 25.8. The van der Waals surface area contributed by atoms with Gasteiger partial charge >= 0.3 is 0 Å². The van der Waals surface area contributed by atoms with Crippen LogP contribution in [0.3, 0.4) is 0 Å². The smallest absolute Gasteiger partial charge is 0.227 e. The molecule has 2 aliphatic rings. The van der Waals surface area contributed by atoms with Crippen LogP contribution in [-0.4, -0.2) is 9.97 Å². The highest BCUT2D eigenvalue weighted by atomic mass is 16.4. The summed E-state index contributed by atoms with van der Waals surface area (Å²) < 4.78 is 12.8. The lowest BCUT2D eigenvalue weighted by atomic mass is 9.82. The molecular weight excluding hydrogens is 516 g/mol. The Balaban J connectivity index is 1.19. The van der Waals surface area contributed by atoms with Gasteiger partial charge in [-0.15, -0.1) is 0 Å². The van der Waals surface area contributed by atoms with E-state index in [9.17, 15) is 0 Å². The molecule has 4 aromatic carbocycles. The summed E-state index contributed by atoms with van der Waals surface area (Å²) in [5.41, 5.74) is 11.1. The third-order valence-corrected chi connectivity index (χ3v) is 10.0. The lowest BCUT2D eigenvalue weighted by Crippen LogP contribution is -2.06. The normalized spacial score (nSPS) is 17.1. The highest BCUT2D eigenvalue weighted by Crippen LogP contribution is 2.41. The van der Waals surface area contributed by atoms with Gasteiger partial charge in [0.15, 0.2) is 11.2 Å². The molecule has 0 amide bonds. The van der Waals surface area contributed by atoms with E-state index in [0.29, 0.717) is 23.6 Å². The van der Waals surface area contributed by atoms with Gasteiger partial charge in [0.1, 0.15) is 11.0 Å². The quantitative estimate of drug-likeness (QED) is 0.217. The molecule has 0 saturated heterocycles. The SMILES string of the molecule is Cc1cc2oc(-c3ccc(-c4nc5cc(C6CCCCC6)c(C)cc5o4)c4ccccc34)nc2cc1C1CCCCC1. The standard InChI is InChI=1S/C38H38N2O2/c1-23-19-35-33(21-31(23)25-11-5-3-6-12-25)39-37(41-35)29-17-18-30(28-16-10-9-15-27(28)29)38-40-34-22-32(24(2)20-36(34)42-38)26-13-7-4-8-14-26/h9-10,15-22,25-26H,3-8,11-14H2,1-2H3. The zero-order valence-corrected chi connectivity index (χ0v) is 24.7. The minimum atomic E-state index is 0.641. The monoisotopic (exact) mass is 554 g/mol. The largest absolute Gasteiger partial charge is 0.436 e. The fourth-order valence-electron chi connectivity index (χ4n) is 7.79. The first-order valence-electron chi connectivity index (χ1n) is 16.0. The van der Waals surface area contributed by atoms with E-state index >= 15 is 0 Å². The number of hydrogen-bond acceptors (Lipinski definition) is 4. The van der Waals surface area contributed by atoms with E-state index < -0.39 is 0 Å². The Morgan fingerprint density at radius 2 is 0.976 bits per heavy atom. The van der Waals surface area contributed by atoms with Crippen LogP contribution in [0.4, 0.5) is 0 Å². The van der Waals surface area contributed by atoms with E-state index in [-0.39, 0.29) is 0 Å². The van der Waals surface area contributed by atoms with Crippen molar-refractivity contribution in [3.63, 3.8) is 0 Å². The van der Waals surface area contributed by atoms with Crippen LogP contribution in [0, 0.1) is 13.8 Å². The van der Waals surface area contributed by atoms with Crippen LogP contribution in [0.25, 0.3) is 55.9 Å². The number of oxazole rings is 2. The molecule has 2 saturated carbocycles. The summed E-state index contributed by atoms with van der Waals surface area (Å²) in [6, 6.07) is 21.6. The molecule has 2 fully saturated rings. The lowest BCUT2D eigenvalue weighted by Gasteiger charge is -2.23. The molecule has 6 aromatic rings. The number of benzene rings is 4. The van der Waals surface area contributed by atoms with Gasteiger partial charge in [0.25, 0.3) is 0 Å². The molecule has 2 aromatic heterocycles. The van der Waals surface area contributed by atoms with Crippen LogP contribution in [0.2, 0.25) is 0 Å². The van der Waals surface area contributed by atoms with Crippen molar-refractivity contribution in [1.82, 2.24) is 9.97 Å². The van der Waals surface area contributed by atoms with E-state index in [1.807, 2.05) is 0 Å². The third-order valence-electron chi connectivity index (χ3n) is 10.0. The van der Waals surface area contributed by atoms with Gasteiger partial charge in [-0.1, -0.05) is 62.8 Å². The van der Waals surface area contributed by atoms with Crippen molar-refractivity contribution < 1.29 is 8.83 Å². The van der Waals surface area contributed by atoms with Gasteiger partial charge in [0, 0.05) is 11.1 Å². The van der Waals surface area contributed by atoms with Crippen molar-refractivity contribution in [1.29, 1.82) is 0 Å². The van der Waals surface area contributed by atoms with Gasteiger partial charge in [-0.2, -0.15) is 0 Å². The number of hydrogen-bond donors (Lipinski definition) is 0. The second-order valence-electron chi connectivity index (χ2n) is 12.8. The van der Waals surface area contributed by atoms with Gasteiger partial charge < -0.3 is 8.83 Å². The lowest BCUT2D eigenvalue weighted by molar-refractivity contribution is 0.442. The van der Waals surface area contributed by atoms with E-state index in [1.54, 1.807) is 0 Å². The van der Waals surface area contributed by atoms with E-state index in [1.165, 1.54) is 86.5 Å². The maximum Gasteiger partial charge on any atom is 0.227 e. The summed E-state index contributed by atoms with van der Waals surface area (Å²) in [4.78, 5) is 10.0. The summed E-state index contributed by atoms with van der Waals surface area (Å²) in [5.74, 6) is 2.61.